The van der Waals surface area contributed by atoms with Crippen molar-refractivity contribution in [1.29, 1.82) is 0 Å². The Morgan fingerprint density at radius 1 is 1.26 bits per heavy atom. The molecule has 5 heteroatoms. The summed E-state index contributed by atoms with van der Waals surface area (Å²) in [5, 5.41) is 17.5. The Kier molecular flexibility index (Phi) is 8.46. The van der Waals surface area contributed by atoms with E-state index in [2.05, 4.69) is 11.7 Å². The molecule has 1 aromatic carbocycles. The molecule has 2 rings (SSSR count). The molecular weight excluding hydrogens is 316 g/mol. The molecule has 19 heavy (non-hydrogen) atoms. The zero-order valence-corrected chi connectivity index (χ0v) is 13.4. The van der Waals surface area contributed by atoms with E-state index in [1.807, 2.05) is 36.4 Å². The molecule has 1 aliphatic rings. The Bertz CT molecular complexity index is 485. The van der Waals surface area contributed by atoms with Gasteiger partial charge in [0.15, 0.2) is 0 Å². The van der Waals surface area contributed by atoms with Crippen LogP contribution in [0.4, 0.5) is 0 Å². The topological polar surface area (TPSA) is 38.7 Å². The largest absolute Gasteiger partial charge is 2.00 e. The molecule has 1 unspecified atom stereocenters. The van der Waals surface area contributed by atoms with Crippen molar-refractivity contribution in [3.05, 3.63) is 73.0 Å². The minimum Gasteiger partial charge on any atom is -1.00 e. The first-order valence-corrected chi connectivity index (χ1v) is 5.38. The summed E-state index contributed by atoms with van der Waals surface area (Å²) in [6.45, 7) is 3.72. The normalized spacial score (nSPS) is 17.4. The van der Waals surface area contributed by atoms with Crippen LogP contribution in [0.2, 0.25) is 0 Å². The van der Waals surface area contributed by atoms with Crippen LogP contribution in [0, 0.1) is 0 Å². The first kappa shape index (κ1) is 18.0. The quantitative estimate of drug-likeness (QED) is 0.286. The minimum absolute atomic E-state index is 0. The predicted octanol–water partition coefficient (Wildman–Crippen LogP) is -1.73. The van der Waals surface area contributed by atoms with E-state index in [0.29, 0.717) is 5.56 Å². The predicted molar refractivity (Wildman–Crippen MR) is 72.8 cm³/mol. The molecule has 94 valence electrons. The monoisotopic (exact) mass is 328 g/mol. The molecule has 1 aromatic rings. The molecule has 0 N–H and O–H groups in total. The number of hydrogen-bond acceptors (Lipinski definition) is 3. The summed E-state index contributed by atoms with van der Waals surface area (Å²) >= 11 is 0. The second-order valence-corrected chi connectivity index (χ2v) is 3.60. The summed E-state index contributed by atoms with van der Waals surface area (Å²) in [7, 11) is 0. The molecule has 0 fully saturated rings. The van der Waals surface area contributed by atoms with Gasteiger partial charge in [-0.25, -0.2) is 0 Å². The van der Waals surface area contributed by atoms with Crippen LogP contribution in [0.1, 0.15) is 5.56 Å². The van der Waals surface area contributed by atoms with Crippen molar-refractivity contribution in [1.82, 2.24) is 5.01 Å². The van der Waals surface area contributed by atoms with Crippen molar-refractivity contribution in [2.24, 2.45) is 5.10 Å². The van der Waals surface area contributed by atoms with Crippen LogP contribution in [0.25, 0.3) is 0 Å². The zero-order chi connectivity index (χ0) is 12.1. The van der Waals surface area contributed by atoms with Gasteiger partial charge in [-0.15, -0.1) is 6.58 Å². The fourth-order valence-electron chi connectivity index (χ4n) is 1.53. The van der Waals surface area contributed by atoms with Gasteiger partial charge in [0.05, 0.1) is 6.04 Å². The van der Waals surface area contributed by atoms with Gasteiger partial charge in [-0.2, -0.15) is 5.10 Å². The maximum absolute atomic E-state index is 11.9. The SMILES string of the molecule is C=CC1C=CC=CN1/N=C(\[O-])c1ccccc1.[Br-].[Mg+2]. The molecule has 1 atom stereocenters. The number of nitrogens with zero attached hydrogens (tertiary/aromatic N) is 2. The summed E-state index contributed by atoms with van der Waals surface area (Å²) < 4.78 is 0. The Balaban J connectivity index is 0.00000162. The first-order valence-electron chi connectivity index (χ1n) is 5.38. The summed E-state index contributed by atoms with van der Waals surface area (Å²) in [6.07, 6.45) is 9.16. The van der Waals surface area contributed by atoms with Crippen molar-refractivity contribution < 1.29 is 22.1 Å². The number of allylic oxidation sites excluding steroid dienone is 2. The van der Waals surface area contributed by atoms with Crippen LogP contribution in [0.5, 0.6) is 0 Å². The molecule has 1 heterocycles. The molecule has 0 radical (unpaired) electrons. The summed E-state index contributed by atoms with van der Waals surface area (Å²) in [6, 6.07) is 8.94. The van der Waals surface area contributed by atoms with Crippen molar-refractivity contribution in [3.63, 3.8) is 0 Å². The Morgan fingerprint density at radius 3 is 2.58 bits per heavy atom. The third-order valence-electron chi connectivity index (χ3n) is 2.43. The molecule has 0 saturated carbocycles. The van der Waals surface area contributed by atoms with E-state index in [4.69, 9.17) is 0 Å². The van der Waals surface area contributed by atoms with Crippen molar-refractivity contribution >= 4 is 29.0 Å². The van der Waals surface area contributed by atoms with E-state index < -0.39 is 0 Å². The molecule has 0 aliphatic carbocycles. The molecule has 0 saturated heterocycles. The minimum atomic E-state index is -0.252. The van der Waals surface area contributed by atoms with E-state index >= 15 is 0 Å². The first-order chi connectivity index (χ1) is 8.31. The third kappa shape index (κ3) is 4.85. The van der Waals surface area contributed by atoms with Gasteiger partial charge in [0.25, 0.3) is 0 Å². The molecule has 0 amide bonds. The standard InChI is InChI=1S/C14H14N2O.BrH.Mg/c1-2-13-10-6-7-11-16(13)15-14(17)12-8-4-3-5-9-12;;/h2-11,13H,1H2,(H,15,17);1H;/q;;+2/p-2. The average molecular weight is 329 g/mol. The van der Waals surface area contributed by atoms with Crippen molar-refractivity contribution in [2.45, 2.75) is 6.04 Å². The number of halogens is 1. The third-order valence-corrected chi connectivity index (χ3v) is 2.43. The summed E-state index contributed by atoms with van der Waals surface area (Å²) in [5.41, 5.74) is 0.582. The van der Waals surface area contributed by atoms with Gasteiger partial charge in [0.1, 0.15) is 0 Å². The van der Waals surface area contributed by atoms with Crippen LogP contribution in [0.3, 0.4) is 0 Å². The molecule has 0 spiro atoms. The molecule has 0 aromatic heterocycles. The fraction of sp³-hybridized carbons (Fsp3) is 0.0714. The van der Waals surface area contributed by atoms with E-state index in [0.717, 1.165) is 0 Å². The Hall–Kier alpha value is -1.04. The second kappa shape index (κ2) is 8.96. The van der Waals surface area contributed by atoms with Crippen molar-refractivity contribution in [2.75, 3.05) is 0 Å². The van der Waals surface area contributed by atoms with Gasteiger partial charge in [0.2, 0.25) is 0 Å². The van der Waals surface area contributed by atoms with E-state index in [-0.39, 0.29) is 52.0 Å². The summed E-state index contributed by atoms with van der Waals surface area (Å²) in [4.78, 5) is 0. The zero-order valence-electron chi connectivity index (χ0n) is 10.4. The van der Waals surface area contributed by atoms with E-state index in [1.54, 1.807) is 29.4 Å². The van der Waals surface area contributed by atoms with Gasteiger partial charge in [-0.1, -0.05) is 48.6 Å². The van der Waals surface area contributed by atoms with E-state index in [1.165, 1.54) is 0 Å². The number of rotatable bonds is 3. The van der Waals surface area contributed by atoms with Gasteiger partial charge in [-0.05, 0) is 11.6 Å². The van der Waals surface area contributed by atoms with Gasteiger partial charge in [-0.3, -0.25) is 5.01 Å². The van der Waals surface area contributed by atoms with Gasteiger partial charge < -0.3 is 22.1 Å². The average Bonchev–Trinajstić information content (AvgIpc) is 2.40. The fourth-order valence-corrected chi connectivity index (χ4v) is 1.53. The second-order valence-electron chi connectivity index (χ2n) is 3.60. The molecular formula is C14H13BrMgN2O. The smallest absolute Gasteiger partial charge is 1.00 e. The van der Waals surface area contributed by atoms with Crippen molar-refractivity contribution in [3.8, 4) is 0 Å². The molecule has 0 bridgehead atoms. The van der Waals surface area contributed by atoms with E-state index in [9.17, 15) is 5.11 Å². The van der Waals surface area contributed by atoms with Crippen LogP contribution in [0.15, 0.2) is 72.5 Å². The molecule has 3 nitrogen and oxygen atoms in total. The Morgan fingerprint density at radius 2 is 1.95 bits per heavy atom. The number of hydrogen-bond donors (Lipinski definition) is 0. The molecule has 1 aliphatic heterocycles. The Labute approximate surface area is 139 Å². The maximum Gasteiger partial charge on any atom is 2.00 e. The summed E-state index contributed by atoms with van der Waals surface area (Å²) in [5.74, 6) is -0.252. The van der Waals surface area contributed by atoms with Crippen LogP contribution >= 0.6 is 0 Å². The number of hydrazone groups is 1. The van der Waals surface area contributed by atoms with Crippen LogP contribution in [-0.4, -0.2) is 40.0 Å². The van der Waals surface area contributed by atoms with Gasteiger partial charge in [0, 0.05) is 12.1 Å². The maximum atomic E-state index is 11.9. The van der Waals surface area contributed by atoms with Crippen LogP contribution < -0.4 is 22.1 Å². The van der Waals surface area contributed by atoms with Crippen LogP contribution in [-0.2, 0) is 0 Å². The number of benzene rings is 1. The van der Waals surface area contributed by atoms with Gasteiger partial charge >= 0.3 is 23.1 Å².